The van der Waals surface area contributed by atoms with Crippen molar-refractivity contribution in [3.05, 3.63) is 95.1 Å². The maximum Gasteiger partial charge on any atom is 0.335 e. The Morgan fingerprint density at radius 3 is 2.10 bits per heavy atom. The maximum absolute atomic E-state index is 12.7. The highest BCUT2D eigenvalue weighted by molar-refractivity contribution is 6.34. The molecule has 0 atom stereocenters. The van der Waals surface area contributed by atoms with E-state index in [2.05, 4.69) is 10.5 Å². The van der Waals surface area contributed by atoms with Crippen LogP contribution >= 0.6 is 0 Å². The Hall–Kier alpha value is -4.26. The van der Waals surface area contributed by atoms with E-state index in [0.29, 0.717) is 28.2 Å². The monoisotopic (exact) mass is 399 g/mol. The zero-order valence-electron chi connectivity index (χ0n) is 16.0. The lowest BCUT2D eigenvalue weighted by atomic mass is 10.1. The third-order valence-corrected chi connectivity index (χ3v) is 4.80. The van der Waals surface area contributed by atoms with Crippen LogP contribution in [-0.2, 0) is 0 Å². The van der Waals surface area contributed by atoms with Gasteiger partial charge in [0.15, 0.2) is 0 Å². The van der Waals surface area contributed by atoms with Crippen molar-refractivity contribution in [2.75, 3.05) is 10.3 Å². The Morgan fingerprint density at radius 2 is 1.50 bits per heavy atom. The summed E-state index contributed by atoms with van der Waals surface area (Å²) in [5.41, 5.74) is 6.33. The van der Waals surface area contributed by atoms with Crippen LogP contribution in [0.3, 0.4) is 0 Å². The van der Waals surface area contributed by atoms with Crippen LogP contribution in [0.4, 0.5) is 11.4 Å². The predicted octanol–water partition coefficient (Wildman–Crippen LogP) is 4.02. The molecule has 3 aromatic carbocycles. The van der Waals surface area contributed by atoms with Gasteiger partial charge >= 0.3 is 5.97 Å². The second-order valence-corrected chi connectivity index (χ2v) is 6.73. The van der Waals surface area contributed by atoms with Gasteiger partial charge in [0, 0.05) is 0 Å². The molecule has 0 bridgehead atoms. The summed E-state index contributed by atoms with van der Waals surface area (Å²) in [6, 6.07) is 20.0. The first-order valence-electron chi connectivity index (χ1n) is 9.17. The molecule has 1 heterocycles. The number of fused-ring (bicyclic) bond motifs is 1. The van der Waals surface area contributed by atoms with Gasteiger partial charge in [-0.05, 0) is 61.0 Å². The molecule has 7 heteroatoms. The molecular weight excluding hydrogens is 382 g/mol. The first-order valence-corrected chi connectivity index (χ1v) is 9.17. The van der Waals surface area contributed by atoms with Gasteiger partial charge in [0.1, 0.15) is 0 Å². The summed E-state index contributed by atoms with van der Waals surface area (Å²) in [6.45, 7) is 1.79. The summed E-state index contributed by atoms with van der Waals surface area (Å²) < 4.78 is 0. The van der Waals surface area contributed by atoms with Gasteiger partial charge in [0.25, 0.3) is 11.8 Å². The maximum atomic E-state index is 12.7. The molecule has 0 saturated heterocycles. The molecule has 0 aliphatic carbocycles. The van der Waals surface area contributed by atoms with E-state index in [1.54, 1.807) is 61.5 Å². The van der Waals surface area contributed by atoms with Gasteiger partial charge in [0.05, 0.1) is 33.8 Å². The second-order valence-electron chi connectivity index (χ2n) is 6.73. The highest BCUT2D eigenvalue weighted by Crippen LogP contribution is 2.28. The minimum Gasteiger partial charge on any atom is -0.478 e. The van der Waals surface area contributed by atoms with E-state index in [-0.39, 0.29) is 17.4 Å². The zero-order chi connectivity index (χ0) is 21.3. The van der Waals surface area contributed by atoms with Crippen molar-refractivity contribution in [3.8, 4) is 0 Å². The summed E-state index contributed by atoms with van der Waals surface area (Å²) in [7, 11) is 0. The minimum atomic E-state index is -0.994. The summed E-state index contributed by atoms with van der Waals surface area (Å²) in [5.74, 6) is -1.69. The van der Waals surface area contributed by atoms with Crippen molar-refractivity contribution >= 4 is 34.9 Å². The Kier molecular flexibility index (Phi) is 4.85. The topological polar surface area (TPSA) is 99.1 Å². The number of anilines is 2. The standard InChI is InChI=1S/C23H17N3O4/c1-14(24-25-17-11-9-15(10-12-17)23(29)30)16-5-4-6-18(13-16)26-21(27)19-7-2-3-8-20(19)22(26)28/h2-13,25H,1H3,(H,29,30)/b24-14-. The largest absolute Gasteiger partial charge is 0.478 e. The number of aromatic carboxylic acids is 1. The zero-order valence-corrected chi connectivity index (χ0v) is 16.0. The SMILES string of the molecule is C/C(=N/Nc1ccc(C(=O)O)cc1)c1cccc(N2C(=O)c3ccccc3C2=O)c1. The number of carboxylic acid groups (broad SMARTS) is 1. The normalized spacial score (nSPS) is 13.4. The van der Waals surface area contributed by atoms with Crippen molar-refractivity contribution in [2.24, 2.45) is 5.10 Å². The average molecular weight is 399 g/mol. The van der Waals surface area contributed by atoms with Gasteiger partial charge in [-0.1, -0.05) is 24.3 Å². The molecule has 4 rings (SSSR count). The van der Waals surface area contributed by atoms with Crippen LogP contribution in [0.25, 0.3) is 0 Å². The van der Waals surface area contributed by atoms with Crippen LogP contribution in [0.5, 0.6) is 0 Å². The number of carboxylic acids is 1. The summed E-state index contributed by atoms with van der Waals surface area (Å²) >= 11 is 0. The molecule has 148 valence electrons. The van der Waals surface area contributed by atoms with Crippen LogP contribution in [0.1, 0.15) is 43.6 Å². The smallest absolute Gasteiger partial charge is 0.335 e. The highest BCUT2D eigenvalue weighted by atomic mass is 16.4. The van der Waals surface area contributed by atoms with E-state index in [9.17, 15) is 14.4 Å². The van der Waals surface area contributed by atoms with Crippen molar-refractivity contribution in [2.45, 2.75) is 6.92 Å². The third kappa shape index (κ3) is 3.44. The van der Waals surface area contributed by atoms with Crippen LogP contribution < -0.4 is 10.3 Å². The number of hydrazone groups is 1. The van der Waals surface area contributed by atoms with Crippen LogP contribution in [0.2, 0.25) is 0 Å². The molecule has 0 unspecified atom stereocenters. The number of amides is 2. The van der Waals surface area contributed by atoms with Crippen LogP contribution in [0.15, 0.2) is 77.9 Å². The number of benzene rings is 3. The molecule has 0 radical (unpaired) electrons. The highest BCUT2D eigenvalue weighted by Gasteiger charge is 2.36. The number of hydrogen-bond donors (Lipinski definition) is 2. The Labute approximate surface area is 172 Å². The second kappa shape index (κ2) is 7.63. The third-order valence-electron chi connectivity index (χ3n) is 4.80. The molecular formula is C23H17N3O4. The lowest BCUT2D eigenvalue weighted by Crippen LogP contribution is -2.29. The molecule has 7 nitrogen and oxygen atoms in total. The lowest BCUT2D eigenvalue weighted by molar-refractivity contribution is 0.0696. The van der Waals surface area contributed by atoms with E-state index >= 15 is 0 Å². The molecule has 0 fully saturated rings. The molecule has 0 aromatic heterocycles. The number of nitrogens with zero attached hydrogens (tertiary/aromatic N) is 2. The Morgan fingerprint density at radius 1 is 0.867 bits per heavy atom. The van der Waals surface area contributed by atoms with Gasteiger partial charge in [-0.15, -0.1) is 0 Å². The first-order chi connectivity index (χ1) is 14.5. The van der Waals surface area contributed by atoms with E-state index in [0.717, 1.165) is 5.56 Å². The van der Waals surface area contributed by atoms with Crippen molar-refractivity contribution in [1.82, 2.24) is 0 Å². The van der Waals surface area contributed by atoms with Crippen LogP contribution in [0, 0.1) is 0 Å². The first kappa shape index (κ1) is 19.1. The summed E-state index contributed by atoms with van der Waals surface area (Å²) in [6.07, 6.45) is 0. The van der Waals surface area contributed by atoms with Gasteiger partial charge in [-0.3, -0.25) is 15.0 Å². The van der Waals surface area contributed by atoms with Crippen LogP contribution in [-0.4, -0.2) is 28.6 Å². The van der Waals surface area contributed by atoms with Crippen molar-refractivity contribution in [1.29, 1.82) is 0 Å². The molecule has 1 aliphatic rings. The fourth-order valence-electron chi connectivity index (χ4n) is 3.19. The molecule has 3 aromatic rings. The number of imide groups is 1. The van der Waals surface area contributed by atoms with Crippen molar-refractivity contribution < 1.29 is 19.5 Å². The number of rotatable bonds is 5. The fraction of sp³-hybridized carbons (Fsp3) is 0.0435. The summed E-state index contributed by atoms with van der Waals surface area (Å²) in [4.78, 5) is 37.5. The quantitative estimate of drug-likeness (QED) is 0.384. The number of carbonyl (C=O) groups is 3. The predicted molar refractivity (Wildman–Crippen MR) is 113 cm³/mol. The van der Waals surface area contributed by atoms with Gasteiger partial charge in [0.2, 0.25) is 0 Å². The Bertz CT molecular complexity index is 1160. The number of nitrogens with one attached hydrogen (secondary N) is 1. The average Bonchev–Trinajstić information content (AvgIpc) is 3.03. The molecule has 0 saturated carbocycles. The van der Waals surface area contributed by atoms with Gasteiger partial charge in [-0.25, -0.2) is 9.69 Å². The number of carbonyl (C=O) groups excluding carboxylic acids is 2. The van der Waals surface area contributed by atoms with E-state index in [4.69, 9.17) is 5.11 Å². The molecule has 2 N–H and O–H groups in total. The van der Waals surface area contributed by atoms with Gasteiger partial charge < -0.3 is 5.11 Å². The van der Waals surface area contributed by atoms with E-state index < -0.39 is 5.97 Å². The number of hydrogen-bond acceptors (Lipinski definition) is 5. The van der Waals surface area contributed by atoms with E-state index in [1.165, 1.54) is 17.0 Å². The molecule has 2 amide bonds. The Balaban J connectivity index is 1.56. The summed E-state index contributed by atoms with van der Waals surface area (Å²) in [5, 5.41) is 13.3. The molecule has 1 aliphatic heterocycles. The molecule has 30 heavy (non-hydrogen) atoms. The lowest BCUT2D eigenvalue weighted by Gasteiger charge is -2.15. The van der Waals surface area contributed by atoms with E-state index in [1.807, 2.05) is 6.07 Å². The minimum absolute atomic E-state index is 0.190. The molecule has 0 spiro atoms. The van der Waals surface area contributed by atoms with Gasteiger partial charge in [-0.2, -0.15) is 5.10 Å². The van der Waals surface area contributed by atoms with Crippen molar-refractivity contribution in [3.63, 3.8) is 0 Å². The fourth-order valence-corrected chi connectivity index (χ4v) is 3.19.